The SMILES string of the molecule is C=CCc1cc(C=O)cc(OCC)c1OCc1ccccc1[N+](=O)[O-]. The summed E-state index contributed by atoms with van der Waals surface area (Å²) in [5.74, 6) is 0.896. The van der Waals surface area contributed by atoms with E-state index in [0.717, 1.165) is 11.8 Å². The van der Waals surface area contributed by atoms with E-state index in [2.05, 4.69) is 6.58 Å². The van der Waals surface area contributed by atoms with E-state index in [1.807, 2.05) is 6.92 Å². The van der Waals surface area contributed by atoms with E-state index in [9.17, 15) is 14.9 Å². The minimum Gasteiger partial charge on any atom is -0.490 e. The Balaban J connectivity index is 2.39. The van der Waals surface area contributed by atoms with Crippen LogP contribution in [0, 0.1) is 10.1 Å². The van der Waals surface area contributed by atoms with Crippen LogP contribution in [0.4, 0.5) is 5.69 Å². The molecule has 0 fully saturated rings. The van der Waals surface area contributed by atoms with Gasteiger partial charge in [-0.15, -0.1) is 6.58 Å². The van der Waals surface area contributed by atoms with Crippen LogP contribution in [-0.2, 0) is 13.0 Å². The third kappa shape index (κ3) is 4.44. The molecule has 2 aromatic rings. The topological polar surface area (TPSA) is 78.7 Å². The van der Waals surface area contributed by atoms with Crippen LogP contribution in [0.2, 0.25) is 0 Å². The standard InChI is InChI=1S/C19H19NO5/c1-3-7-15-10-14(12-21)11-18(24-4-2)19(15)25-13-16-8-5-6-9-17(16)20(22)23/h3,5-6,8-12H,1,4,7,13H2,2H3. The zero-order chi connectivity index (χ0) is 18.2. The molecule has 0 radical (unpaired) electrons. The maximum Gasteiger partial charge on any atom is 0.276 e. The molecule has 0 aliphatic heterocycles. The number of benzene rings is 2. The molecule has 0 unspecified atom stereocenters. The molecule has 0 heterocycles. The van der Waals surface area contributed by atoms with Gasteiger partial charge in [-0.1, -0.05) is 18.2 Å². The first kappa shape index (κ1) is 18.2. The Morgan fingerprint density at radius 1 is 1.20 bits per heavy atom. The van der Waals surface area contributed by atoms with Crippen molar-refractivity contribution in [2.24, 2.45) is 0 Å². The molecule has 0 aliphatic carbocycles. The van der Waals surface area contributed by atoms with E-state index in [-0.39, 0.29) is 12.3 Å². The third-order valence-electron chi connectivity index (χ3n) is 3.51. The van der Waals surface area contributed by atoms with Gasteiger partial charge in [-0.2, -0.15) is 0 Å². The molecule has 25 heavy (non-hydrogen) atoms. The summed E-state index contributed by atoms with van der Waals surface area (Å²) in [5, 5.41) is 11.1. The smallest absolute Gasteiger partial charge is 0.276 e. The average Bonchev–Trinajstić information content (AvgIpc) is 2.61. The lowest BCUT2D eigenvalue weighted by Gasteiger charge is -2.16. The van der Waals surface area contributed by atoms with Crippen molar-refractivity contribution in [1.29, 1.82) is 0 Å². The second-order valence-electron chi connectivity index (χ2n) is 5.23. The van der Waals surface area contributed by atoms with Crippen molar-refractivity contribution in [1.82, 2.24) is 0 Å². The van der Waals surface area contributed by atoms with Gasteiger partial charge in [0.2, 0.25) is 0 Å². The van der Waals surface area contributed by atoms with Crippen LogP contribution in [0.25, 0.3) is 0 Å². The number of nitro groups is 1. The molecule has 0 amide bonds. The Labute approximate surface area is 145 Å². The van der Waals surface area contributed by atoms with Gasteiger partial charge in [0.1, 0.15) is 12.9 Å². The maximum absolute atomic E-state index is 11.1. The number of carbonyl (C=O) groups is 1. The Morgan fingerprint density at radius 3 is 2.60 bits per heavy atom. The number of hydrogen-bond donors (Lipinski definition) is 0. The van der Waals surface area contributed by atoms with Crippen molar-refractivity contribution in [3.05, 3.63) is 75.9 Å². The molecule has 0 saturated heterocycles. The van der Waals surface area contributed by atoms with Gasteiger partial charge in [-0.3, -0.25) is 14.9 Å². The van der Waals surface area contributed by atoms with Gasteiger partial charge in [0.15, 0.2) is 11.5 Å². The number of para-hydroxylation sites is 1. The Hall–Kier alpha value is -3.15. The molecule has 0 bridgehead atoms. The van der Waals surface area contributed by atoms with Crippen molar-refractivity contribution < 1.29 is 19.2 Å². The van der Waals surface area contributed by atoms with E-state index in [1.54, 1.807) is 36.4 Å². The summed E-state index contributed by atoms with van der Waals surface area (Å²) in [6, 6.07) is 9.70. The average molecular weight is 341 g/mol. The molecule has 0 spiro atoms. The lowest BCUT2D eigenvalue weighted by Crippen LogP contribution is -2.05. The van der Waals surface area contributed by atoms with Crippen molar-refractivity contribution in [3.8, 4) is 11.5 Å². The van der Waals surface area contributed by atoms with Gasteiger partial charge in [-0.25, -0.2) is 0 Å². The number of carbonyl (C=O) groups excluding carboxylic acids is 1. The fourth-order valence-electron chi connectivity index (χ4n) is 2.45. The van der Waals surface area contributed by atoms with Gasteiger partial charge < -0.3 is 9.47 Å². The fraction of sp³-hybridized carbons (Fsp3) is 0.211. The van der Waals surface area contributed by atoms with Crippen LogP contribution < -0.4 is 9.47 Å². The zero-order valence-electron chi connectivity index (χ0n) is 13.9. The van der Waals surface area contributed by atoms with E-state index >= 15 is 0 Å². The third-order valence-corrected chi connectivity index (χ3v) is 3.51. The lowest BCUT2D eigenvalue weighted by atomic mass is 10.1. The van der Waals surface area contributed by atoms with Crippen molar-refractivity contribution in [2.45, 2.75) is 20.0 Å². The molecule has 2 rings (SSSR count). The monoisotopic (exact) mass is 341 g/mol. The van der Waals surface area contributed by atoms with E-state index < -0.39 is 4.92 Å². The second-order valence-corrected chi connectivity index (χ2v) is 5.23. The highest BCUT2D eigenvalue weighted by molar-refractivity contribution is 5.77. The molecule has 6 nitrogen and oxygen atoms in total. The highest BCUT2D eigenvalue weighted by atomic mass is 16.6. The van der Waals surface area contributed by atoms with Crippen LogP contribution in [0.3, 0.4) is 0 Å². The van der Waals surface area contributed by atoms with Gasteiger partial charge in [-0.05, 0) is 31.5 Å². The number of nitrogens with zero attached hydrogens (tertiary/aromatic N) is 1. The molecular weight excluding hydrogens is 322 g/mol. The largest absolute Gasteiger partial charge is 0.490 e. The maximum atomic E-state index is 11.1. The number of nitro benzene ring substituents is 1. The molecular formula is C19H19NO5. The van der Waals surface area contributed by atoms with Gasteiger partial charge in [0.05, 0.1) is 17.1 Å². The first-order valence-corrected chi connectivity index (χ1v) is 7.81. The fourth-order valence-corrected chi connectivity index (χ4v) is 2.45. The molecule has 2 aromatic carbocycles. The van der Waals surface area contributed by atoms with Gasteiger partial charge in [0.25, 0.3) is 5.69 Å². The molecule has 130 valence electrons. The zero-order valence-corrected chi connectivity index (χ0v) is 13.9. The summed E-state index contributed by atoms with van der Waals surface area (Å²) in [6.07, 6.45) is 2.91. The van der Waals surface area contributed by atoms with E-state index in [0.29, 0.717) is 35.7 Å². The Kier molecular flexibility index (Phi) is 6.28. The van der Waals surface area contributed by atoms with Crippen molar-refractivity contribution in [3.63, 3.8) is 0 Å². The highest BCUT2D eigenvalue weighted by Gasteiger charge is 2.17. The molecule has 0 aromatic heterocycles. The summed E-state index contributed by atoms with van der Waals surface area (Å²) >= 11 is 0. The number of ether oxygens (including phenoxy) is 2. The van der Waals surface area contributed by atoms with Crippen LogP contribution in [0.5, 0.6) is 11.5 Å². The highest BCUT2D eigenvalue weighted by Crippen LogP contribution is 2.34. The minimum atomic E-state index is -0.442. The van der Waals surface area contributed by atoms with Gasteiger partial charge >= 0.3 is 0 Å². The number of allylic oxidation sites excluding steroid dienone is 1. The molecule has 0 atom stereocenters. The van der Waals surface area contributed by atoms with Crippen LogP contribution in [0.15, 0.2) is 49.1 Å². The first-order chi connectivity index (χ1) is 12.1. The quantitative estimate of drug-likeness (QED) is 0.297. The predicted molar refractivity (Wildman–Crippen MR) is 94.3 cm³/mol. The summed E-state index contributed by atoms with van der Waals surface area (Å²) in [7, 11) is 0. The first-order valence-electron chi connectivity index (χ1n) is 7.81. The number of hydrogen-bond acceptors (Lipinski definition) is 5. The molecule has 0 N–H and O–H groups in total. The van der Waals surface area contributed by atoms with Crippen LogP contribution >= 0.6 is 0 Å². The van der Waals surface area contributed by atoms with Gasteiger partial charge in [0, 0.05) is 17.2 Å². The van der Waals surface area contributed by atoms with E-state index in [1.165, 1.54) is 6.07 Å². The lowest BCUT2D eigenvalue weighted by molar-refractivity contribution is -0.385. The molecule has 6 heteroatoms. The normalized spacial score (nSPS) is 10.1. The summed E-state index contributed by atoms with van der Waals surface area (Å²) in [5.41, 5.74) is 1.66. The summed E-state index contributed by atoms with van der Waals surface area (Å²) < 4.78 is 11.4. The Morgan fingerprint density at radius 2 is 1.96 bits per heavy atom. The summed E-state index contributed by atoms with van der Waals surface area (Å²) in [6.45, 7) is 5.95. The second kappa shape index (κ2) is 8.63. The Bertz CT molecular complexity index is 785. The van der Waals surface area contributed by atoms with Crippen LogP contribution in [0.1, 0.15) is 28.4 Å². The van der Waals surface area contributed by atoms with Crippen molar-refractivity contribution in [2.75, 3.05) is 6.61 Å². The molecule has 0 saturated carbocycles. The van der Waals surface area contributed by atoms with E-state index in [4.69, 9.17) is 9.47 Å². The number of aldehydes is 1. The number of rotatable bonds is 9. The summed E-state index contributed by atoms with van der Waals surface area (Å²) in [4.78, 5) is 21.8. The molecule has 0 aliphatic rings. The minimum absolute atomic E-state index is 0.00441. The van der Waals surface area contributed by atoms with Crippen molar-refractivity contribution >= 4 is 12.0 Å². The van der Waals surface area contributed by atoms with Crippen LogP contribution in [-0.4, -0.2) is 17.8 Å². The predicted octanol–water partition coefficient (Wildman–Crippen LogP) is 4.11.